The van der Waals surface area contributed by atoms with Crippen molar-refractivity contribution in [2.45, 2.75) is 57.6 Å². The molecule has 4 rings (SSSR count). The number of piperidine rings is 1. The lowest BCUT2D eigenvalue weighted by Crippen LogP contribution is -2.55. The quantitative estimate of drug-likeness (QED) is 0.423. The fraction of sp³-hybridized carbons (Fsp3) is 0.593. The average molecular weight is 569 g/mol. The zero-order valence-electron chi connectivity index (χ0n) is 22.1. The highest BCUT2D eigenvalue weighted by atomic mass is 35.5. The maximum absolute atomic E-state index is 14.0. The first kappa shape index (κ1) is 29.2. The number of alkyl halides is 2. The molecule has 2 fully saturated rings. The molecule has 1 atom stereocenters. The number of benzene rings is 1. The van der Waals surface area contributed by atoms with E-state index >= 15 is 0 Å². The van der Waals surface area contributed by atoms with E-state index < -0.39 is 29.9 Å². The number of hydrogen-bond donors (Lipinski definition) is 2. The maximum Gasteiger partial charge on any atom is 0.387 e. The van der Waals surface area contributed by atoms with Gasteiger partial charge in [0.1, 0.15) is 5.54 Å². The van der Waals surface area contributed by atoms with Crippen molar-refractivity contribution in [3.05, 3.63) is 41.2 Å². The van der Waals surface area contributed by atoms with Crippen LogP contribution in [0.5, 0.6) is 5.75 Å². The van der Waals surface area contributed by atoms with E-state index in [0.717, 1.165) is 5.69 Å². The Bertz CT molecular complexity index is 1150. The highest BCUT2D eigenvalue weighted by Crippen LogP contribution is 2.37. The molecule has 2 aliphatic rings. The van der Waals surface area contributed by atoms with Crippen molar-refractivity contribution in [2.24, 2.45) is 11.8 Å². The molecule has 2 aliphatic heterocycles. The lowest BCUT2D eigenvalue weighted by molar-refractivity contribution is -0.146. The fourth-order valence-corrected chi connectivity index (χ4v) is 5.77. The lowest BCUT2D eigenvalue weighted by Gasteiger charge is -2.43. The second-order valence-corrected chi connectivity index (χ2v) is 11.0. The Kier molecular flexibility index (Phi) is 9.45. The maximum atomic E-state index is 14.0. The van der Waals surface area contributed by atoms with E-state index in [9.17, 15) is 23.5 Å². The zero-order valence-corrected chi connectivity index (χ0v) is 22.9. The van der Waals surface area contributed by atoms with E-state index in [0.29, 0.717) is 58.5 Å². The van der Waals surface area contributed by atoms with E-state index in [1.807, 2.05) is 19.9 Å². The number of ether oxygens (including phenoxy) is 2. The summed E-state index contributed by atoms with van der Waals surface area (Å²) >= 11 is 5.98. The third kappa shape index (κ3) is 6.70. The Hall–Kier alpha value is -2.76. The van der Waals surface area contributed by atoms with Gasteiger partial charge in [-0.2, -0.15) is 13.9 Å². The summed E-state index contributed by atoms with van der Waals surface area (Å²) in [6.07, 6.45) is 3.80. The number of rotatable bonds is 10. The highest BCUT2D eigenvalue weighted by molar-refractivity contribution is 6.30. The molecule has 2 N–H and O–H groups in total. The monoisotopic (exact) mass is 568 g/mol. The number of nitrogens with zero attached hydrogens (tertiary/aromatic N) is 3. The summed E-state index contributed by atoms with van der Waals surface area (Å²) in [5.74, 6) is -1.86. The number of carboxylic acid groups (broad SMARTS) is 1. The number of carboxylic acids is 1. The summed E-state index contributed by atoms with van der Waals surface area (Å²) in [6.45, 7) is 3.39. The van der Waals surface area contributed by atoms with Crippen LogP contribution in [0.3, 0.4) is 0 Å². The molecule has 0 unspecified atom stereocenters. The van der Waals surface area contributed by atoms with Gasteiger partial charge >= 0.3 is 12.6 Å². The van der Waals surface area contributed by atoms with Crippen molar-refractivity contribution in [3.63, 3.8) is 0 Å². The fourth-order valence-electron chi connectivity index (χ4n) is 5.61. The predicted octanol–water partition coefficient (Wildman–Crippen LogP) is 4.82. The van der Waals surface area contributed by atoms with Gasteiger partial charge in [0.05, 0.1) is 11.6 Å². The van der Waals surface area contributed by atoms with Crippen molar-refractivity contribution in [2.75, 3.05) is 38.2 Å². The molecule has 2 aromatic rings. The molecule has 1 aromatic carbocycles. The first-order valence-electron chi connectivity index (χ1n) is 13.2. The standard InChI is InChI=1S/C27H35ClF2N4O5/c1-17(2)22-5-10-31-34(22)27(25(37)32-21-4-3-19(28)15-23(21)39-26(29)30)8-11-33(12-9-27)16-20(24(35)36)18-6-13-38-14-7-18/h3-5,10,15,17-18,20,26H,6-9,11-14,16H2,1-2H3,(H,32,37)(H,35,36)/t20-/m0/s1. The van der Waals surface area contributed by atoms with Crippen molar-refractivity contribution in [3.8, 4) is 5.75 Å². The van der Waals surface area contributed by atoms with Crippen molar-refractivity contribution >= 4 is 29.2 Å². The molecule has 0 aliphatic carbocycles. The smallest absolute Gasteiger partial charge is 0.387 e. The topological polar surface area (TPSA) is 106 Å². The molecule has 0 saturated carbocycles. The Morgan fingerprint density at radius 3 is 2.54 bits per heavy atom. The van der Waals surface area contributed by atoms with Gasteiger partial charge in [0, 0.05) is 55.8 Å². The number of hydrogen-bond acceptors (Lipinski definition) is 6. The molecule has 0 radical (unpaired) electrons. The van der Waals surface area contributed by atoms with Crippen LogP contribution in [0.15, 0.2) is 30.5 Å². The van der Waals surface area contributed by atoms with E-state index in [1.165, 1.54) is 18.2 Å². The van der Waals surface area contributed by atoms with Gasteiger partial charge in [0.2, 0.25) is 0 Å². The van der Waals surface area contributed by atoms with Crippen LogP contribution in [-0.4, -0.2) is 71.1 Å². The summed E-state index contributed by atoms with van der Waals surface area (Å²) in [6, 6.07) is 6.01. The number of aliphatic carboxylic acids is 1. The zero-order chi connectivity index (χ0) is 28.2. The molecule has 214 valence electrons. The second-order valence-electron chi connectivity index (χ2n) is 10.5. The highest BCUT2D eigenvalue weighted by Gasteiger charge is 2.46. The molecule has 3 heterocycles. The van der Waals surface area contributed by atoms with E-state index in [1.54, 1.807) is 10.9 Å². The molecule has 9 nitrogen and oxygen atoms in total. The molecular formula is C27H35ClF2N4O5. The second kappa shape index (κ2) is 12.6. The first-order chi connectivity index (χ1) is 18.6. The summed E-state index contributed by atoms with van der Waals surface area (Å²) in [5, 5.41) is 17.5. The third-order valence-electron chi connectivity index (χ3n) is 7.79. The predicted molar refractivity (Wildman–Crippen MR) is 141 cm³/mol. The van der Waals surface area contributed by atoms with Crippen molar-refractivity contribution in [1.82, 2.24) is 14.7 Å². The van der Waals surface area contributed by atoms with Gasteiger partial charge in [-0.15, -0.1) is 0 Å². The number of aromatic nitrogens is 2. The number of amides is 1. The minimum Gasteiger partial charge on any atom is -0.481 e. The number of halogens is 3. The molecule has 12 heteroatoms. The number of nitrogens with one attached hydrogen (secondary N) is 1. The van der Waals surface area contributed by atoms with E-state index in [4.69, 9.17) is 16.3 Å². The lowest BCUT2D eigenvalue weighted by atomic mass is 9.82. The van der Waals surface area contributed by atoms with Crippen molar-refractivity contribution < 1.29 is 33.0 Å². The summed E-state index contributed by atoms with van der Waals surface area (Å²) < 4.78 is 37.9. The average Bonchev–Trinajstić information content (AvgIpc) is 3.40. The van der Waals surface area contributed by atoms with Gasteiger partial charge in [-0.25, -0.2) is 0 Å². The van der Waals surface area contributed by atoms with Crippen LogP contribution in [0.2, 0.25) is 5.02 Å². The largest absolute Gasteiger partial charge is 0.481 e. The Morgan fingerprint density at radius 1 is 1.23 bits per heavy atom. The van der Waals surface area contributed by atoms with Gasteiger partial charge in [0.25, 0.3) is 5.91 Å². The SMILES string of the molecule is CC(C)c1ccnn1C1(C(=O)Nc2ccc(Cl)cc2OC(F)F)CCN(C[C@H](C(=O)O)C2CCOCC2)CC1. The van der Waals surface area contributed by atoms with Crippen LogP contribution >= 0.6 is 11.6 Å². The van der Waals surface area contributed by atoms with Crippen LogP contribution in [0.4, 0.5) is 14.5 Å². The van der Waals surface area contributed by atoms with Gasteiger partial charge in [-0.1, -0.05) is 25.4 Å². The number of carbonyl (C=O) groups excluding carboxylic acids is 1. The molecule has 0 bridgehead atoms. The first-order valence-corrected chi connectivity index (χ1v) is 13.6. The summed E-state index contributed by atoms with van der Waals surface area (Å²) in [7, 11) is 0. The van der Waals surface area contributed by atoms with Crippen LogP contribution in [0, 0.1) is 11.8 Å². The van der Waals surface area contributed by atoms with Gasteiger partial charge in [-0.05, 0) is 55.7 Å². The Labute approximate surface area is 231 Å². The molecule has 1 aromatic heterocycles. The van der Waals surface area contributed by atoms with Crippen LogP contribution < -0.4 is 10.1 Å². The molecule has 2 saturated heterocycles. The third-order valence-corrected chi connectivity index (χ3v) is 8.02. The van der Waals surface area contributed by atoms with E-state index in [-0.39, 0.29) is 28.3 Å². The molecule has 1 amide bonds. The van der Waals surface area contributed by atoms with Gasteiger partial charge in [-0.3, -0.25) is 14.3 Å². The van der Waals surface area contributed by atoms with Crippen LogP contribution in [0.1, 0.15) is 51.1 Å². The number of anilines is 1. The summed E-state index contributed by atoms with van der Waals surface area (Å²) in [4.78, 5) is 28.2. The normalized spacial score (nSPS) is 19.3. The Balaban J connectivity index is 1.58. The summed E-state index contributed by atoms with van der Waals surface area (Å²) in [5.41, 5.74) is -0.168. The van der Waals surface area contributed by atoms with Crippen molar-refractivity contribution in [1.29, 1.82) is 0 Å². The minimum atomic E-state index is -3.09. The number of carbonyl (C=O) groups is 2. The van der Waals surface area contributed by atoms with Crippen LogP contribution in [-0.2, 0) is 19.9 Å². The number of likely N-dealkylation sites (tertiary alicyclic amines) is 1. The van der Waals surface area contributed by atoms with Gasteiger partial charge in [0.15, 0.2) is 5.75 Å². The molecular weight excluding hydrogens is 534 g/mol. The van der Waals surface area contributed by atoms with Gasteiger partial charge < -0.3 is 24.8 Å². The minimum absolute atomic E-state index is 0.0445. The van der Waals surface area contributed by atoms with E-state index in [2.05, 4.69) is 20.1 Å². The molecule has 0 spiro atoms. The molecule has 39 heavy (non-hydrogen) atoms. The Morgan fingerprint density at radius 2 is 1.92 bits per heavy atom. The van der Waals surface area contributed by atoms with Crippen LogP contribution in [0.25, 0.3) is 0 Å².